The molecule has 0 saturated heterocycles. The average Bonchev–Trinajstić information content (AvgIpc) is 3.01. The summed E-state index contributed by atoms with van der Waals surface area (Å²) in [5.74, 6) is 0.551. The Bertz CT molecular complexity index is 690. The zero-order valence-corrected chi connectivity index (χ0v) is 9.95. The normalized spacial score (nSPS) is 9.80. The molecule has 0 unspecified atom stereocenters. The van der Waals surface area contributed by atoms with Crippen LogP contribution in [0.2, 0.25) is 0 Å². The summed E-state index contributed by atoms with van der Waals surface area (Å²) in [6, 6.07) is 15.2. The van der Waals surface area contributed by atoms with Gasteiger partial charge in [-0.05, 0) is 16.3 Å². The first kappa shape index (κ1) is 13.6. The van der Waals surface area contributed by atoms with Gasteiger partial charge in [-0.1, -0.05) is 56.0 Å². The molecule has 5 heteroatoms. The Labute approximate surface area is 116 Å². The number of benzene rings is 2. The highest BCUT2D eigenvalue weighted by atomic mass is 16.1. The van der Waals surface area contributed by atoms with Crippen LogP contribution in [0.1, 0.15) is 17.8 Å². The van der Waals surface area contributed by atoms with Crippen molar-refractivity contribution >= 4 is 6.29 Å². The van der Waals surface area contributed by atoms with Gasteiger partial charge in [0.15, 0.2) is 0 Å². The molecule has 0 aliphatic carbocycles. The van der Waals surface area contributed by atoms with E-state index in [2.05, 4.69) is 20.6 Å². The molecule has 100 valence electrons. The summed E-state index contributed by atoms with van der Waals surface area (Å²) >= 11 is 0. The molecule has 0 amide bonds. The van der Waals surface area contributed by atoms with E-state index in [0.29, 0.717) is 11.4 Å². The van der Waals surface area contributed by atoms with Crippen LogP contribution in [0.15, 0.2) is 48.5 Å². The van der Waals surface area contributed by atoms with Gasteiger partial charge in [0.25, 0.3) is 0 Å². The van der Waals surface area contributed by atoms with Crippen LogP contribution < -0.4 is 0 Å². The number of aromatic nitrogens is 4. The zero-order chi connectivity index (χ0) is 13.1. The summed E-state index contributed by atoms with van der Waals surface area (Å²) < 4.78 is 0. The number of tetrazole rings is 1. The number of rotatable bonds is 3. The summed E-state index contributed by atoms with van der Waals surface area (Å²) in [6.45, 7) is 0. The third-order valence-corrected chi connectivity index (χ3v) is 2.87. The Kier molecular flexibility index (Phi) is 4.00. The van der Waals surface area contributed by atoms with Gasteiger partial charge in [0.05, 0.1) is 0 Å². The minimum Gasteiger partial charge on any atom is -0.298 e. The average molecular weight is 266 g/mol. The lowest BCUT2D eigenvalue weighted by Gasteiger charge is -2.06. The molecule has 1 N–H and O–H groups in total. The molecule has 0 aliphatic heterocycles. The van der Waals surface area contributed by atoms with E-state index >= 15 is 0 Å². The second kappa shape index (κ2) is 5.88. The molecular formula is C15H14N4O. The molecule has 0 fully saturated rings. The maximum absolute atomic E-state index is 10.7. The fraction of sp³-hybridized carbons (Fsp3) is 0.0667. The molecule has 3 aromatic rings. The molecule has 0 aliphatic rings. The highest BCUT2D eigenvalue weighted by molar-refractivity contribution is 5.82. The van der Waals surface area contributed by atoms with Gasteiger partial charge >= 0.3 is 0 Å². The lowest BCUT2D eigenvalue weighted by Crippen LogP contribution is -1.88. The molecule has 2 aromatic carbocycles. The second-order valence-electron chi connectivity index (χ2n) is 4.02. The van der Waals surface area contributed by atoms with Gasteiger partial charge in [0.2, 0.25) is 5.82 Å². The van der Waals surface area contributed by atoms with Crippen LogP contribution >= 0.6 is 0 Å². The van der Waals surface area contributed by atoms with Crippen LogP contribution in [0.25, 0.3) is 22.5 Å². The SMILES string of the molecule is C.O=Cc1ccc(-c2ccccc2-c2nn[nH]n2)cc1. The first-order valence-electron chi connectivity index (χ1n) is 5.77. The molecule has 0 bridgehead atoms. The summed E-state index contributed by atoms with van der Waals surface area (Å²) in [7, 11) is 0. The number of hydrogen-bond donors (Lipinski definition) is 1. The van der Waals surface area contributed by atoms with E-state index in [0.717, 1.165) is 23.0 Å². The maximum atomic E-state index is 10.7. The van der Waals surface area contributed by atoms with Gasteiger partial charge in [-0.15, -0.1) is 10.2 Å². The minimum atomic E-state index is 0. The van der Waals surface area contributed by atoms with E-state index in [1.807, 2.05) is 36.4 Å². The quantitative estimate of drug-likeness (QED) is 0.740. The van der Waals surface area contributed by atoms with Gasteiger partial charge in [-0.25, -0.2) is 0 Å². The third kappa shape index (κ3) is 2.47. The molecule has 0 atom stereocenters. The van der Waals surface area contributed by atoms with Crippen molar-refractivity contribution in [2.24, 2.45) is 0 Å². The standard InChI is InChI=1S/C14H10N4O.CH4/c19-9-10-5-7-11(8-6-10)12-3-1-2-4-13(12)14-15-17-18-16-14;/h1-9H,(H,15,16,17,18);1H4. The molecule has 5 nitrogen and oxygen atoms in total. The third-order valence-electron chi connectivity index (χ3n) is 2.87. The number of hydrogen-bond acceptors (Lipinski definition) is 4. The Balaban J connectivity index is 0.00000147. The summed E-state index contributed by atoms with van der Waals surface area (Å²) in [5.41, 5.74) is 3.56. The summed E-state index contributed by atoms with van der Waals surface area (Å²) in [5, 5.41) is 14.0. The Morgan fingerprint density at radius 3 is 2.25 bits per heavy atom. The van der Waals surface area contributed by atoms with E-state index < -0.39 is 0 Å². The monoisotopic (exact) mass is 266 g/mol. The molecule has 20 heavy (non-hydrogen) atoms. The van der Waals surface area contributed by atoms with Crippen molar-refractivity contribution in [3.63, 3.8) is 0 Å². The largest absolute Gasteiger partial charge is 0.298 e. The first-order chi connectivity index (χ1) is 9.38. The van der Waals surface area contributed by atoms with Gasteiger partial charge in [-0.3, -0.25) is 4.79 Å². The predicted molar refractivity (Wildman–Crippen MR) is 77.2 cm³/mol. The zero-order valence-electron chi connectivity index (χ0n) is 9.95. The molecule has 3 rings (SSSR count). The number of carbonyl (C=O) groups excluding carboxylic acids is 1. The molecule has 0 spiro atoms. The summed E-state index contributed by atoms with van der Waals surface area (Å²) in [4.78, 5) is 10.7. The molecule has 0 radical (unpaired) electrons. The molecule has 0 saturated carbocycles. The van der Waals surface area contributed by atoms with Crippen LogP contribution in [0.4, 0.5) is 0 Å². The van der Waals surface area contributed by atoms with E-state index in [4.69, 9.17) is 0 Å². The van der Waals surface area contributed by atoms with Gasteiger partial charge in [-0.2, -0.15) is 5.21 Å². The van der Waals surface area contributed by atoms with Crippen molar-refractivity contribution < 1.29 is 4.79 Å². The molecule has 1 heterocycles. The van der Waals surface area contributed by atoms with Crippen LogP contribution in [0.5, 0.6) is 0 Å². The van der Waals surface area contributed by atoms with Crippen LogP contribution in [0, 0.1) is 0 Å². The first-order valence-corrected chi connectivity index (χ1v) is 5.77. The number of carbonyl (C=O) groups is 1. The van der Waals surface area contributed by atoms with Crippen LogP contribution in [-0.4, -0.2) is 26.9 Å². The van der Waals surface area contributed by atoms with Crippen molar-refractivity contribution in [3.8, 4) is 22.5 Å². The van der Waals surface area contributed by atoms with Crippen molar-refractivity contribution in [2.75, 3.05) is 0 Å². The lowest BCUT2D eigenvalue weighted by molar-refractivity contribution is 0.112. The molecular weight excluding hydrogens is 252 g/mol. The van der Waals surface area contributed by atoms with E-state index in [9.17, 15) is 4.79 Å². The Morgan fingerprint density at radius 1 is 0.950 bits per heavy atom. The predicted octanol–water partition coefficient (Wildman–Crippen LogP) is 2.98. The van der Waals surface area contributed by atoms with Gasteiger partial charge in [0, 0.05) is 11.1 Å². The van der Waals surface area contributed by atoms with Crippen molar-refractivity contribution in [1.82, 2.24) is 20.6 Å². The fourth-order valence-electron chi connectivity index (χ4n) is 1.95. The lowest BCUT2D eigenvalue weighted by atomic mass is 9.98. The number of H-pyrrole nitrogens is 1. The van der Waals surface area contributed by atoms with Crippen molar-refractivity contribution in [3.05, 3.63) is 54.1 Å². The van der Waals surface area contributed by atoms with Gasteiger partial charge in [0.1, 0.15) is 6.29 Å². The Hall–Kier alpha value is -2.82. The number of aromatic amines is 1. The Morgan fingerprint density at radius 2 is 1.65 bits per heavy atom. The number of nitrogens with zero attached hydrogens (tertiary/aromatic N) is 3. The number of aldehydes is 1. The minimum absolute atomic E-state index is 0. The van der Waals surface area contributed by atoms with E-state index in [1.165, 1.54) is 0 Å². The topological polar surface area (TPSA) is 71.5 Å². The maximum Gasteiger partial charge on any atom is 0.205 e. The fourth-order valence-corrected chi connectivity index (χ4v) is 1.95. The van der Waals surface area contributed by atoms with Crippen LogP contribution in [0.3, 0.4) is 0 Å². The highest BCUT2D eigenvalue weighted by Crippen LogP contribution is 2.29. The highest BCUT2D eigenvalue weighted by Gasteiger charge is 2.10. The smallest absolute Gasteiger partial charge is 0.205 e. The summed E-state index contributed by atoms with van der Waals surface area (Å²) in [6.07, 6.45) is 0.828. The van der Waals surface area contributed by atoms with E-state index in [-0.39, 0.29) is 7.43 Å². The number of nitrogens with one attached hydrogen (secondary N) is 1. The second-order valence-corrected chi connectivity index (χ2v) is 4.02. The van der Waals surface area contributed by atoms with Crippen molar-refractivity contribution in [1.29, 1.82) is 0 Å². The molecule has 1 aromatic heterocycles. The van der Waals surface area contributed by atoms with Gasteiger partial charge < -0.3 is 0 Å². The van der Waals surface area contributed by atoms with Crippen LogP contribution in [-0.2, 0) is 0 Å². The van der Waals surface area contributed by atoms with E-state index in [1.54, 1.807) is 12.1 Å². The van der Waals surface area contributed by atoms with Crippen molar-refractivity contribution in [2.45, 2.75) is 7.43 Å².